The van der Waals surface area contributed by atoms with E-state index in [0.29, 0.717) is 6.61 Å². The fourth-order valence-corrected chi connectivity index (χ4v) is 3.14. The summed E-state index contributed by atoms with van der Waals surface area (Å²) in [6.07, 6.45) is 20.7. The molecule has 0 amide bonds. The summed E-state index contributed by atoms with van der Waals surface area (Å²) in [5.74, 6) is -1.64. The SMILES string of the molecule is C=C(CC(=O)OCCCCCCCCCCCCCCCCCC)C(=O)O. The highest BCUT2D eigenvalue weighted by Gasteiger charge is 2.10. The Balaban J connectivity index is 3.18. The maximum Gasteiger partial charge on any atom is 0.331 e. The Morgan fingerprint density at radius 3 is 1.44 bits per heavy atom. The molecule has 0 aromatic carbocycles. The first-order chi connectivity index (χ1) is 13.1. The van der Waals surface area contributed by atoms with Crippen LogP contribution in [-0.4, -0.2) is 23.7 Å². The zero-order valence-corrected chi connectivity index (χ0v) is 17.6. The molecule has 0 rings (SSSR count). The molecule has 4 heteroatoms. The number of carboxylic acid groups (broad SMARTS) is 1. The lowest BCUT2D eigenvalue weighted by Gasteiger charge is -2.05. The van der Waals surface area contributed by atoms with E-state index >= 15 is 0 Å². The first kappa shape index (κ1) is 25.7. The van der Waals surface area contributed by atoms with Crippen molar-refractivity contribution in [1.29, 1.82) is 0 Å². The van der Waals surface area contributed by atoms with E-state index in [4.69, 9.17) is 9.84 Å². The van der Waals surface area contributed by atoms with Gasteiger partial charge in [-0.2, -0.15) is 0 Å². The van der Waals surface area contributed by atoms with E-state index in [9.17, 15) is 9.59 Å². The molecule has 0 aliphatic carbocycles. The second-order valence-electron chi connectivity index (χ2n) is 7.61. The molecule has 0 saturated heterocycles. The van der Waals surface area contributed by atoms with E-state index in [1.165, 1.54) is 89.9 Å². The third kappa shape index (κ3) is 19.3. The molecule has 158 valence electrons. The van der Waals surface area contributed by atoms with Crippen molar-refractivity contribution in [3.05, 3.63) is 12.2 Å². The van der Waals surface area contributed by atoms with E-state index in [1.54, 1.807) is 0 Å². The highest BCUT2D eigenvalue weighted by atomic mass is 16.5. The van der Waals surface area contributed by atoms with Gasteiger partial charge in [0.15, 0.2) is 0 Å². The predicted octanol–water partition coefficient (Wildman–Crippen LogP) is 6.82. The topological polar surface area (TPSA) is 63.6 Å². The van der Waals surface area contributed by atoms with Gasteiger partial charge in [0, 0.05) is 5.57 Å². The van der Waals surface area contributed by atoms with Crippen LogP contribution >= 0.6 is 0 Å². The molecule has 0 aliphatic heterocycles. The highest BCUT2D eigenvalue weighted by Crippen LogP contribution is 2.13. The molecule has 0 aromatic heterocycles. The van der Waals surface area contributed by atoms with Crippen molar-refractivity contribution < 1.29 is 19.4 Å². The Hall–Kier alpha value is -1.32. The zero-order valence-electron chi connectivity index (χ0n) is 17.6. The summed E-state index contributed by atoms with van der Waals surface area (Å²) >= 11 is 0. The molecular weight excluding hydrogens is 340 g/mol. The highest BCUT2D eigenvalue weighted by molar-refractivity contribution is 5.91. The molecular formula is C23H42O4. The second kappa shape index (κ2) is 19.4. The van der Waals surface area contributed by atoms with Gasteiger partial charge in [0.1, 0.15) is 0 Å². The van der Waals surface area contributed by atoms with Crippen LogP contribution in [0.5, 0.6) is 0 Å². The van der Waals surface area contributed by atoms with Crippen molar-refractivity contribution in [1.82, 2.24) is 0 Å². The van der Waals surface area contributed by atoms with Gasteiger partial charge >= 0.3 is 11.9 Å². The zero-order chi connectivity index (χ0) is 20.2. The number of aliphatic carboxylic acids is 1. The Morgan fingerprint density at radius 2 is 1.07 bits per heavy atom. The Labute approximate surface area is 166 Å². The van der Waals surface area contributed by atoms with Crippen molar-refractivity contribution in [2.75, 3.05) is 6.61 Å². The second-order valence-corrected chi connectivity index (χ2v) is 7.61. The molecule has 0 aromatic rings. The lowest BCUT2D eigenvalue weighted by atomic mass is 10.0. The Bertz CT molecular complexity index is 390. The molecule has 4 nitrogen and oxygen atoms in total. The van der Waals surface area contributed by atoms with Crippen molar-refractivity contribution in [3.8, 4) is 0 Å². The molecule has 0 fully saturated rings. The van der Waals surface area contributed by atoms with Gasteiger partial charge < -0.3 is 9.84 Å². The van der Waals surface area contributed by atoms with Crippen LogP contribution in [0.1, 0.15) is 116 Å². The number of esters is 1. The predicted molar refractivity (Wildman–Crippen MR) is 112 cm³/mol. The van der Waals surface area contributed by atoms with Crippen LogP contribution in [-0.2, 0) is 14.3 Å². The maximum atomic E-state index is 11.4. The largest absolute Gasteiger partial charge is 0.478 e. The minimum Gasteiger partial charge on any atom is -0.478 e. The molecule has 1 N–H and O–H groups in total. The maximum absolute atomic E-state index is 11.4. The van der Waals surface area contributed by atoms with Crippen molar-refractivity contribution >= 4 is 11.9 Å². The summed E-state index contributed by atoms with van der Waals surface area (Å²) in [6, 6.07) is 0. The third-order valence-electron chi connectivity index (χ3n) is 4.92. The van der Waals surface area contributed by atoms with Gasteiger partial charge in [-0.15, -0.1) is 0 Å². The first-order valence-electron chi connectivity index (χ1n) is 11.1. The summed E-state index contributed by atoms with van der Waals surface area (Å²) in [6.45, 7) is 5.97. The summed E-state index contributed by atoms with van der Waals surface area (Å²) in [7, 11) is 0. The van der Waals surface area contributed by atoms with Gasteiger partial charge in [0.2, 0.25) is 0 Å². The van der Waals surface area contributed by atoms with Gasteiger partial charge in [-0.1, -0.05) is 110 Å². The van der Waals surface area contributed by atoms with E-state index in [1.807, 2.05) is 0 Å². The molecule has 0 radical (unpaired) electrons. The van der Waals surface area contributed by atoms with Crippen LogP contribution in [0.15, 0.2) is 12.2 Å². The Morgan fingerprint density at radius 1 is 0.704 bits per heavy atom. The van der Waals surface area contributed by atoms with Crippen LogP contribution in [0.3, 0.4) is 0 Å². The van der Waals surface area contributed by atoms with Crippen molar-refractivity contribution in [2.45, 2.75) is 116 Å². The number of carbonyl (C=O) groups excluding carboxylic acids is 1. The van der Waals surface area contributed by atoms with Gasteiger partial charge in [-0.05, 0) is 6.42 Å². The lowest BCUT2D eigenvalue weighted by molar-refractivity contribution is -0.144. The van der Waals surface area contributed by atoms with Gasteiger partial charge in [0.25, 0.3) is 0 Å². The van der Waals surface area contributed by atoms with E-state index in [0.717, 1.165) is 12.8 Å². The van der Waals surface area contributed by atoms with Gasteiger partial charge in [-0.25, -0.2) is 4.79 Å². The normalized spacial score (nSPS) is 10.7. The monoisotopic (exact) mass is 382 g/mol. The molecule has 0 aliphatic rings. The minimum absolute atomic E-state index is 0.119. The smallest absolute Gasteiger partial charge is 0.331 e. The van der Waals surface area contributed by atoms with Crippen LogP contribution < -0.4 is 0 Å². The number of hydrogen-bond donors (Lipinski definition) is 1. The molecule has 0 spiro atoms. The molecule has 0 unspecified atom stereocenters. The molecule has 0 saturated carbocycles. The Kier molecular flexibility index (Phi) is 18.5. The number of carboxylic acids is 1. The van der Waals surface area contributed by atoms with Gasteiger partial charge in [0.05, 0.1) is 13.0 Å². The van der Waals surface area contributed by atoms with Gasteiger partial charge in [-0.3, -0.25) is 4.79 Å². The molecule has 27 heavy (non-hydrogen) atoms. The van der Waals surface area contributed by atoms with E-state index in [-0.39, 0.29) is 12.0 Å². The van der Waals surface area contributed by atoms with Crippen molar-refractivity contribution in [3.63, 3.8) is 0 Å². The van der Waals surface area contributed by atoms with Crippen LogP contribution in [0.25, 0.3) is 0 Å². The van der Waals surface area contributed by atoms with Crippen LogP contribution in [0.4, 0.5) is 0 Å². The number of rotatable bonds is 20. The van der Waals surface area contributed by atoms with E-state index in [2.05, 4.69) is 13.5 Å². The number of carbonyl (C=O) groups is 2. The molecule has 0 heterocycles. The third-order valence-corrected chi connectivity index (χ3v) is 4.92. The number of hydrogen-bond acceptors (Lipinski definition) is 3. The first-order valence-corrected chi connectivity index (χ1v) is 11.1. The fraction of sp³-hybridized carbons (Fsp3) is 0.826. The fourth-order valence-electron chi connectivity index (χ4n) is 3.14. The summed E-state index contributed by atoms with van der Waals surface area (Å²) < 4.78 is 5.02. The van der Waals surface area contributed by atoms with E-state index < -0.39 is 11.9 Å². The quantitative estimate of drug-likeness (QED) is 0.142. The molecule has 0 atom stereocenters. The van der Waals surface area contributed by atoms with Crippen LogP contribution in [0, 0.1) is 0 Å². The molecule has 0 bridgehead atoms. The average molecular weight is 383 g/mol. The summed E-state index contributed by atoms with van der Waals surface area (Å²) in [4.78, 5) is 21.9. The average Bonchev–Trinajstić information content (AvgIpc) is 2.64. The van der Waals surface area contributed by atoms with Crippen LogP contribution in [0.2, 0.25) is 0 Å². The summed E-state index contributed by atoms with van der Waals surface area (Å²) in [5, 5.41) is 8.64. The number of unbranched alkanes of at least 4 members (excludes halogenated alkanes) is 15. The minimum atomic E-state index is -1.14. The number of ether oxygens (including phenoxy) is 1. The van der Waals surface area contributed by atoms with Crippen molar-refractivity contribution in [2.24, 2.45) is 0 Å². The standard InChI is InChI=1S/C23H42O4/c1-3-4-5-6-7-8-9-10-11-12-13-14-15-16-17-18-19-27-22(24)20-21(2)23(25)26/h2-20H2,1H3,(H,25,26). The summed E-state index contributed by atoms with van der Waals surface area (Å²) in [5.41, 5.74) is -0.119. The lowest BCUT2D eigenvalue weighted by Crippen LogP contribution is -2.10.